The minimum absolute atomic E-state index is 0.0870. The van der Waals surface area contributed by atoms with Gasteiger partial charge in [-0.1, -0.05) is 24.5 Å². The Morgan fingerprint density at radius 2 is 2.12 bits per heavy atom. The van der Waals surface area contributed by atoms with Crippen molar-refractivity contribution in [3.8, 4) is 0 Å². The minimum atomic E-state index is -0.466. The molecule has 0 fully saturated rings. The first kappa shape index (κ1) is 14.2. The molecule has 1 rings (SSSR count). The molecule has 0 aromatic carbocycles. The Morgan fingerprint density at radius 3 is 2.59 bits per heavy atom. The van der Waals surface area contributed by atoms with E-state index in [0.717, 1.165) is 19.4 Å². The summed E-state index contributed by atoms with van der Waals surface area (Å²) >= 11 is 0. The van der Waals surface area contributed by atoms with Crippen LogP contribution in [0.4, 0.5) is 0 Å². The molecule has 1 N–H and O–H groups in total. The highest BCUT2D eigenvalue weighted by atomic mass is 16.6. The van der Waals surface area contributed by atoms with Crippen molar-refractivity contribution in [3.05, 3.63) is 11.1 Å². The third-order valence-electron chi connectivity index (χ3n) is 3.48. The van der Waals surface area contributed by atoms with E-state index in [1.165, 1.54) is 11.1 Å². The van der Waals surface area contributed by atoms with Crippen molar-refractivity contribution in [2.75, 3.05) is 6.54 Å². The SMILES string of the molecule is CCCCC(=O)OC(C)(C)C1NCC(C)=C1C. The minimum Gasteiger partial charge on any atom is -0.458 e. The van der Waals surface area contributed by atoms with Crippen LogP contribution in [0.1, 0.15) is 53.9 Å². The Kier molecular flexibility index (Phi) is 4.75. The van der Waals surface area contributed by atoms with E-state index in [1.54, 1.807) is 0 Å². The molecule has 0 aliphatic carbocycles. The standard InChI is InChI=1S/C14H25NO2/c1-6-7-8-12(16)17-14(4,5)13-11(3)10(2)9-15-13/h13,15H,6-9H2,1-5H3. The number of hydrogen-bond acceptors (Lipinski definition) is 3. The molecule has 1 atom stereocenters. The second-order valence-electron chi connectivity index (χ2n) is 5.46. The highest BCUT2D eigenvalue weighted by molar-refractivity contribution is 5.70. The molecular weight excluding hydrogens is 214 g/mol. The number of ether oxygens (including phenoxy) is 1. The quantitative estimate of drug-likeness (QED) is 0.592. The molecule has 1 heterocycles. The van der Waals surface area contributed by atoms with Gasteiger partial charge < -0.3 is 10.1 Å². The predicted octanol–water partition coefficient (Wildman–Crippen LogP) is 2.81. The second-order valence-corrected chi connectivity index (χ2v) is 5.46. The number of carbonyl (C=O) groups is 1. The third kappa shape index (κ3) is 3.56. The van der Waals surface area contributed by atoms with Gasteiger partial charge in [-0.2, -0.15) is 0 Å². The fraction of sp³-hybridized carbons (Fsp3) is 0.786. The summed E-state index contributed by atoms with van der Waals surface area (Å²) in [6.45, 7) is 11.2. The molecule has 98 valence electrons. The molecule has 0 saturated heterocycles. The fourth-order valence-corrected chi connectivity index (χ4v) is 2.29. The van der Waals surface area contributed by atoms with Crippen LogP contribution in [0.2, 0.25) is 0 Å². The summed E-state index contributed by atoms with van der Waals surface area (Å²) in [5.74, 6) is -0.0870. The van der Waals surface area contributed by atoms with Gasteiger partial charge in [-0.05, 0) is 34.1 Å². The zero-order chi connectivity index (χ0) is 13.1. The zero-order valence-electron chi connectivity index (χ0n) is 11.7. The highest BCUT2D eigenvalue weighted by Crippen LogP contribution is 2.27. The normalized spacial score (nSPS) is 20.9. The molecule has 0 aromatic rings. The van der Waals surface area contributed by atoms with Gasteiger partial charge in [0.15, 0.2) is 0 Å². The highest BCUT2D eigenvalue weighted by Gasteiger charge is 2.37. The third-order valence-corrected chi connectivity index (χ3v) is 3.48. The molecule has 0 bridgehead atoms. The Balaban J connectivity index is 2.60. The van der Waals surface area contributed by atoms with E-state index in [4.69, 9.17) is 4.74 Å². The van der Waals surface area contributed by atoms with Crippen molar-refractivity contribution in [3.63, 3.8) is 0 Å². The van der Waals surface area contributed by atoms with E-state index in [0.29, 0.717) is 6.42 Å². The Labute approximate surface area is 105 Å². The van der Waals surface area contributed by atoms with Crippen LogP contribution in [-0.2, 0) is 9.53 Å². The number of rotatable bonds is 5. The summed E-state index contributed by atoms with van der Waals surface area (Å²) in [4.78, 5) is 11.7. The first-order valence-electron chi connectivity index (χ1n) is 6.50. The average molecular weight is 239 g/mol. The summed E-state index contributed by atoms with van der Waals surface area (Å²) < 4.78 is 5.61. The van der Waals surface area contributed by atoms with Gasteiger partial charge in [0.1, 0.15) is 5.60 Å². The first-order chi connectivity index (χ1) is 7.88. The summed E-state index contributed by atoms with van der Waals surface area (Å²) in [5.41, 5.74) is 2.19. The lowest BCUT2D eigenvalue weighted by Gasteiger charge is -2.32. The number of carbonyl (C=O) groups excluding carboxylic acids is 1. The molecule has 1 unspecified atom stereocenters. The van der Waals surface area contributed by atoms with E-state index >= 15 is 0 Å². The Hall–Kier alpha value is -0.830. The van der Waals surface area contributed by atoms with Crippen LogP contribution in [-0.4, -0.2) is 24.2 Å². The van der Waals surface area contributed by atoms with Gasteiger partial charge in [0.05, 0.1) is 6.04 Å². The van der Waals surface area contributed by atoms with Crippen molar-refractivity contribution < 1.29 is 9.53 Å². The van der Waals surface area contributed by atoms with Crippen LogP contribution in [0.3, 0.4) is 0 Å². The van der Waals surface area contributed by atoms with Crippen molar-refractivity contribution in [1.82, 2.24) is 5.32 Å². The maximum absolute atomic E-state index is 11.7. The molecule has 1 aliphatic rings. The molecule has 3 nitrogen and oxygen atoms in total. The lowest BCUT2D eigenvalue weighted by Crippen LogP contribution is -2.47. The van der Waals surface area contributed by atoms with Crippen LogP contribution in [0.5, 0.6) is 0 Å². The summed E-state index contributed by atoms with van der Waals surface area (Å²) in [7, 11) is 0. The molecule has 0 aromatic heterocycles. The van der Waals surface area contributed by atoms with E-state index in [1.807, 2.05) is 13.8 Å². The monoisotopic (exact) mass is 239 g/mol. The maximum atomic E-state index is 11.7. The molecule has 0 amide bonds. The molecule has 3 heteroatoms. The largest absolute Gasteiger partial charge is 0.458 e. The van der Waals surface area contributed by atoms with Crippen LogP contribution in [0.25, 0.3) is 0 Å². The van der Waals surface area contributed by atoms with Gasteiger partial charge in [-0.15, -0.1) is 0 Å². The van der Waals surface area contributed by atoms with Gasteiger partial charge in [0.25, 0.3) is 0 Å². The molecule has 1 aliphatic heterocycles. The van der Waals surface area contributed by atoms with E-state index < -0.39 is 5.60 Å². The van der Waals surface area contributed by atoms with Crippen LogP contribution < -0.4 is 5.32 Å². The van der Waals surface area contributed by atoms with Gasteiger partial charge in [0.2, 0.25) is 0 Å². The number of unbranched alkanes of at least 4 members (excludes halogenated alkanes) is 1. The van der Waals surface area contributed by atoms with Crippen molar-refractivity contribution in [2.45, 2.75) is 65.5 Å². The van der Waals surface area contributed by atoms with E-state index in [2.05, 4.69) is 26.1 Å². The van der Waals surface area contributed by atoms with Crippen LogP contribution in [0.15, 0.2) is 11.1 Å². The Bertz CT molecular complexity index is 318. The summed E-state index contributed by atoms with van der Waals surface area (Å²) in [5, 5.41) is 3.41. The number of esters is 1. The summed E-state index contributed by atoms with van der Waals surface area (Å²) in [6.07, 6.45) is 2.45. The lowest BCUT2D eigenvalue weighted by molar-refractivity contribution is -0.158. The maximum Gasteiger partial charge on any atom is 0.306 e. The predicted molar refractivity (Wildman–Crippen MR) is 69.9 cm³/mol. The second kappa shape index (κ2) is 5.67. The molecule has 0 radical (unpaired) electrons. The zero-order valence-corrected chi connectivity index (χ0v) is 11.7. The molecule has 0 spiro atoms. The molecule has 0 saturated carbocycles. The molecule has 17 heavy (non-hydrogen) atoms. The van der Waals surface area contributed by atoms with Gasteiger partial charge in [-0.25, -0.2) is 0 Å². The topological polar surface area (TPSA) is 38.3 Å². The van der Waals surface area contributed by atoms with Crippen molar-refractivity contribution in [2.24, 2.45) is 0 Å². The van der Waals surface area contributed by atoms with Gasteiger partial charge >= 0.3 is 5.97 Å². The molecular formula is C14H25NO2. The van der Waals surface area contributed by atoms with Gasteiger partial charge in [-0.3, -0.25) is 4.79 Å². The fourth-order valence-electron chi connectivity index (χ4n) is 2.29. The van der Waals surface area contributed by atoms with E-state index in [9.17, 15) is 4.79 Å². The lowest BCUT2D eigenvalue weighted by atomic mass is 9.93. The van der Waals surface area contributed by atoms with Crippen molar-refractivity contribution >= 4 is 5.97 Å². The van der Waals surface area contributed by atoms with Gasteiger partial charge in [0, 0.05) is 13.0 Å². The summed E-state index contributed by atoms with van der Waals surface area (Å²) in [6, 6.07) is 0.146. The number of nitrogens with one attached hydrogen (secondary N) is 1. The number of hydrogen-bond donors (Lipinski definition) is 1. The smallest absolute Gasteiger partial charge is 0.306 e. The van der Waals surface area contributed by atoms with Crippen molar-refractivity contribution in [1.29, 1.82) is 0 Å². The Morgan fingerprint density at radius 1 is 1.47 bits per heavy atom. The van der Waals surface area contributed by atoms with E-state index in [-0.39, 0.29) is 12.0 Å². The van der Waals surface area contributed by atoms with Crippen LogP contribution in [0, 0.1) is 0 Å². The first-order valence-corrected chi connectivity index (χ1v) is 6.50. The average Bonchev–Trinajstić information content (AvgIpc) is 2.56. The van der Waals surface area contributed by atoms with Crippen LogP contribution >= 0.6 is 0 Å².